The normalized spacial score (nSPS) is 10.4. The number of hydrogen-bond acceptors (Lipinski definition) is 3. The lowest BCUT2D eigenvalue weighted by atomic mass is 10.2. The number of nitrogens with one attached hydrogen (secondary N) is 2. The number of rotatable bonds is 6. The van der Waals surface area contributed by atoms with Gasteiger partial charge in [0.05, 0.1) is 22.8 Å². The SMILES string of the molecule is O=C(CNC(=O)c1ccccc1OC(F)F)Nc1cc(Cl)ccc1Cl. The lowest BCUT2D eigenvalue weighted by molar-refractivity contribution is -0.115. The zero-order valence-corrected chi connectivity index (χ0v) is 14.1. The molecule has 0 aliphatic carbocycles. The summed E-state index contributed by atoms with van der Waals surface area (Å²) in [6.07, 6.45) is 0. The highest BCUT2D eigenvalue weighted by atomic mass is 35.5. The zero-order valence-electron chi connectivity index (χ0n) is 12.6. The number of halogens is 4. The summed E-state index contributed by atoms with van der Waals surface area (Å²) in [5.74, 6) is -1.58. The fourth-order valence-corrected chi connectivity index (χ4v) is 2.23. The molecule has 0 spiro atoms. The fraction of sp³-hybridized carbons (Fsp3) is 0.125. The van der Waals surface area contributed by atoms with Gasteiger partial charge in [-0.1, -0.05) is 35.3 Å². The van der Waals surface area contributed by atoms with Crippen molar-refractivity contribution < 1.29 is 23.1 Å². The summed E-state index contributed by atoms with van der Waals surface area (Å²) >= 11 is 11.7. The van der Waals surface area contributed by atoms with Crippen molar-refractivity contribution in [2.75, 3.05) is 11.9 Å². The average Bonchev–Trinajstić information content (AvgIpc) is 2.56. The van der Waals surface area contributed by atoms with Crippen LogP contribution in [0.2, 0.25) is 10.0 Å². The third-order valence-corrected chi connectivity index (χ3v) is 3.52. The molecule has 0 aromatic heterocycles. The van der Waals surface area contributed by atoms with Gasteiger partial charge in [0.25, 0.3) is 5.91 Å². The predicted molar refractivity (Wildman–Crippen MR) is 90.5 cm³/mol. The van der Waals surface area contributed by atoms with Gasteiger partial charge in [0.2, 0.25) is 5.91 Å². The Morgan fingerprint density at radius 2 is 1.84 bits per heavy atom. The Hall–Kier alpha value is -2.38. The van der Waals surface area contributed by atoms with Crippen LogP contribution in [-0.2, 0) is 4.79 Å². The molecule has 9 heteroatoms. The van der Waals surface area contributed by atoms with Crippen LogP contribution in [0, 0.1) is 0 Å². The summed E-state index contributed by atoms with van der Waals surface area (Å²) in [6.45, 7) is -3.47. The lowest BCUT2D eigenvalue weighted by Gasteiger charge is -2.11. The van der Waals surface area contributed by atoms with Crippen LogP contribution in [-0.4, -0.2) is 25.0 Å². The van der Waals surface area contributed by atoms with E-state index in [1.165, 1.54) is 36.4 Å². The molecule has 25 heavy (non-hydrogen) atoms. The third kappa shape index (κ3) is 5.58. The van der Waals surface area contributed by atoms with Gasteiger partial charge in [0, 0.05) is 5.02 Å². The maximum Gasteiger partial charge on any atom is 0.387 e. The summed E-state index contributed by atoms with van der Waals surface area (Å²) in [4.78, 5) is 24.0. The number of amides is 2. The van der Waals surface area contributed by atoms with Crippen LogP contribution in [0.1, 0.15) is 10.4 Å². The lowest BCUT2D eigenvalue weighted by Crippen LogP contribution is -2.33. The minimum Gasteiger partial charge on any atom is -0.434 e. The summed E-state index contributed by atoms with van der Waals surface area (Å²) in [7, 11) is 0. The second kappa shape index (κ2) is 8.64. The first-order chi connectivity index (χ1) is 11.9. The minimum atomic E-state index is -3.07. The second-order valence-corrected chi connectivity index (χ2v) is 5.57. The van der Waals surface area contributed by atoms with E-state index in [-0.39, 0.29) is 22.0 Å². The van der Waals surface area contributed by atoms with Crippen LogP contribution in [0.15, 0.2) is 42.5 Å². The van der Waals surface area contributed by atoms with Gasteiger partial charge in [0.1, 0.15) is 5.75 Å². The first kappa shape index (κ1) is 19.0. The number of benzene rings is 2. The molecule has 0 saturated carbocycles. The van der Waals surface area contributed by atoms with Crippen molar-refractivity contribution >= 4 is 40.7 Å². The molecule has 2 aromatic rings. The highest BCUT2D eigenvalue weighted by Gasteiger charge is 2.16. The van der Waals surface area contributed by atoms with Crippen molar-refractivity contribution in [3.63, 3.8) is 0 Å². The number of para-hydroxylation sites is 1. The number of hydrogen-bond donors (Lipinski definition) is 2. The molecule has 2 aromatic carbocycles. The van der Waals surface area contributed by atoms with E-state index in [9.17, 15) is 18.4 Å². The zero-order chi connectivity index (χ0) is 18.4. The summed E-state index contributed by atoms with van der Waals surface area (Å²) in [5, 5.41) is 5.45. The van der Waals surface area contributed by atoms with Crippen molar-refractivity contribution in [3.8, 4) is 5.75 Å². The average molecular weight is 389 g/mol. The van der Waals surface area contributed by atoms with Crippen LogP contribution in [0.3, 0.4) is 0 Å². The van der Waals surface area contributed by atoms with Crippen molar-refractivity contribution in [1.29, 1.82) is 0 Å². The molecule has 0 bridgehead atoms. The number of carbonyl (C=O) groups is 2. The molecular weight excluding hydrogens is 377 g/mol. The molecule has 2 N–H and O–H groups in total. The van der Waals surface area contributed by atoms with Gasteiger partial charge in [-0.2, -0.15) is 8.78 Å². The van der Waals surface area contributed by atoms with E-state index >= 15 is 0 Å². The van der Waals surface area contributed by atoms with Gasteiger partial charge >= 0.3 is 6.61 Å². The van der Waals surface area contributed by atoms with Crippen LogP contribution in [0.5, 0.6) is 5.75 Å². The van der Waals surface area contributed by atoms with Crippen LogP contribution >= 0.6 is 23.2 Å². The Labute approximate surface area is 151 Å². The molecule has 5 nitrogen and oxygen atoms in total. The molecule has 0 atom stereocenters. The molecule has 0 radical (unpaired) electrons. The van der Waals surface area contributed by atoms with Gasteiger partial charge in [0.15, 0.2) is 0 Å². The minimum absolute atomic E-state index is 0.114. The molecule has 2 amide bonds. The highest BCUT2D eigenvalue weighted by molar-refractivity contribution is 6.35. The van der Waals surface area contributed by atoms with E-state index in [0.717, 1.165) is 0 Å². The van der Waals surface area contributed by atoms with Crippen LogP contribution in [0.25, 0.3) is 0 Å². The van der Waals surface area contributed by atoms with E-state index < -0.39 is 25.0 Å². The Balaban J connectivity index is 1.98. The Morgan fingerprint density at radius 3 is 2.56 bits per heavy atom. The van der Waals surface area contributed by atoms with Gasteiger partial charge in [-0.05, 0) is 30.3 Å². The fourth-order valence-electron chi connectivity index (χ4n) is 1.90. The maximum absolute atomic E-state index is 12.3. The predicted octanol–water partition coefficient (Wildman–Crippen LogP) is 3.96. The first-order valence-corrected chi connectivity index (χ1v) is 7.69. The number of alkyl halides is 2. The molecule has 0 fully saturated rings. The molecule has 132 valence electrons. The van der Waals surface area contributed by atoms with E-state index in [1.807, 2.05) is 0 Å². The monoisotopic (exact) mass is 388 g/mol. The molecule has 0 aliphatic heterocycles. The first-order valence-electron chi connectivity index (χ1n) is 6.93. The Bertz CT molecular complexity index is 788. The van der Waals surface area contributed by atoms with Crippen molar-refractivity contribution in [3.05, 3.63) is 58.1 Å². The van der Waals surface area contributed by atoms with Crippen molar-refractivity contribution in [2.45, 2.75) is 6.61 Å². The summed E-state index contributed by atoms with van der Waals surface area (Å²) in [5.41, 5.74) is 0.172. The van der Waals surface area contributed by atoms with Crippen LogP contribution in [0.4, 0.5) is 14.5 Å². The molecule has 2 rings (SSSR count). The van der Waals surface area contributed by atoms with Gasteiger partial charge < -0.3 is 15.4 Å². The highest BCUT2D eigenvalue weighted by Crippen LogP contribution is 2.25. The van der Waals surface area contributed by atoms with Crippen LogP contribution < -0.4 is 15.4 Å². The summed E-state index contributed by atoms with van der Waals surface area (Å²) in [6, 6.07) is 9.99. The van der Waals surface area contributed by atoms with Crippen molar-refractivity contribution in [2.24, 2.45) is 0 Å². The third-order valence-electron chi connectivity index (χ3n) is 2.96. The topological polar surface area (TPSA) is 67.4 Å². The van der Waals surface area contributed by atoms with Crippen molar-refractivity contribution in [1.82, 2.24) is 5.32 Å². The molecule has 0 aliphatic rings. The second-order valence-electron chi connectivity index (χ2n) is 4.73. The van der Waals surface area contributed by atoms with Gasteiger partial charge in [-0.15, -0.1) is 0 Å². The van der Waals surface area contributed by atoms with E-state index in [1.54, 1.807) is 6.07 Å². The number of anilines is 1. The summed E-state index contributed by atoms with van der Waals surface area (Å²) < 4.78 is 29.0. The largest absolute Gasteiger partial charge is 0.434 e. The van der Waals surface area contributed by atoms with Gasteiger partial charge in [-0.25, -0.2) is 0 Å². The quantitative estimate of drug-likeness (QED) is 0.786. The van der Waals surface area contributed by atoms with E-state index in [2.05, 4.69) is 15.4 Å². The van der Waals surface area contributed by atoms with Gasteiger partial charge in [-0.3, -0.25) is 9.59 Å². The number of carbonyl (C=O) groups excluding carboxylic acids is 2. The number of ether oxygens (including phenoxy) is 1. The van der Waals surface area contributed by atoms with E-state index in [0.29, 0.717) is 5.02 Å². The maximum atomic E-state index is 12.3. The van der Waals surface area contributed by atoms with E-state index in [4.69, 9.17) is 23.2 Å². The molecular formula is C16H12Cl2F2N2O3. The molecule has 0 heterocycles. The molecule has 0 saturated heterocycles. The Morgan fingerprint density at radius 1 is 1.12 bits per heavy atom. The molecule has 0 unspecified atom stereocenters. The Kier molecular flexibility index (Phi) is 6.55. The smallest absolute Gasteiger partial charge is 0.387 e. The standard InChI is InChI=1S/C16H12Cl2F2N2O3/c17-9-5-6-11(18)12(7-9)22-14(23)8-21-15(24)10-3-1-2-4-13(10)25-16(19)20/h1-7,16H,8H2,(H,21,24)(H,22,23).